The Balaban J connectivity index is 1.84. The van der Waals surface area contributed by atoms with Crippen molar-refractivity contribution < 1.29 is 0 Å². The summed E-state index contributed by atoms with van der Waals surface area (Å²) >= 11 is 1.79. The lowest BCUT2D eigenvalue weighted by Crippen LogP contribution is -2.41. The molecule has 3 rings (SSSR count). The third-order valence-electron chi connectivity index (χ3n) is 4.21. The van der Waals surface area contributed by atoms with E-state index < -0.39 is 0 Å². The molecule has 0 bridgehead atoms. The largest absolute Gasteiger partial charge is 0.331 e. The van der Waals surface area contributed by atoms with E-state index in [1.54, 1.807) is 12.1 Å². The molecular weight excluding hydrogens is 306 g/mol. The number of nitrogens with one attached hydrogen (secondary N) is 1. The standard InChI is InChI=1S/C17H27N5S/c1-17(2,3)16-19-14-12-13(6-7-15(14)20(16)4)21(5)23-22-10-8-18-9-11-22/h6-7,12,18H,8-11H2,1-5H3. The van der Waals surface area contributed by atoms with E-state index in [-0.39, 0.29) is 5.41 Å². The third kappa shape index (κ3) is 3.49. The molecule has 126 valence electrons. The van der Waals surface area contributed by atoms with E-state index in [0.29, 0.717) is 0 Å². The van der Waals surface area contributed by atoms with Crippen molar-refractivity contribution in [3.63, 3.8) is 0 Å². The number of benzene rings is 1. The number of nitrogens with zero attached hydrogens (tertiary/aromatic N) is 4. The second-order valence-corrected chi connectivity index (χ2v) is 8.40. The lowest BCUT2D eigenvalue weighted by Gasteiger charge is -2.30. The molecule has 0 atom stereocenters. The van der Waals surface area contributed by atoms with E-state index in [2.05, 4.69) is 71.6 Å². The summed E-state index contributed by atoms with van der Waals surface area (Å²) in [6, 6.07) is 6.56. The molecule has 6 heteroatoms. The van der Waals surface area contributed by atoms with Crippen molar-refractivity contribution in [3.05, 3.63) is 24.0 Å². The number of anilines is 1. The average Bonchev–Trinajstić information content (AvgIpc) is 2.85. The molecule has 2 aromatic rings. The van der Waals surface area contributed by atoms with E-state index in [4.69, 9.17) is 4.98 Å². The number of piperazine rings is 1. The highest BCUT2D eigenvalue weighted by molar-refractivity contribution is 7.98. The minimum absolute atomic E-state index is 0.0510. The van der Waals surface area contributed by atoms with Gasteiger partial charge in [0.05, 0.1) is 16.7 Å². The van der Waals surface area contributed by atoms with Gasteiger partial charge in [0, 0.05) is 57.8 Å². The molecule has 1 aromatic carbocycles. The van der Waals surface area contributed by atoms with Gasteiger partial charge in [-0.2, -0.15) is 0 Å². The van der Waals surface area contributed by atoms with Gasteiger partial charge in [0.2, 0.25) is 0 Å². The van der Waals surface area contributed by atoms with Crippen molar-refractivity contribution in [2.45, 2.75) is 26.2 Å². The average molecular weight is 334 g/mol. The molecule has 0 amide bonds. The molecule has 0 spiro atoms. The number of aromatic nitrogens is 2. The fraction of sp³-hybridized carbons (Fsp3) is 0.588. The van der Waals surface area contributed by atoms with E-state index in [0.717, 1.165) is 37.5 Å². The van der Waals surface area contributed by atoms with Gasteiger partial charge in [0.15, 0.2) is 0 Å². The van der Waals surface area contributed by atoms with Crippen LogP contribution in [0.5, 0.6) is 0 Å². The molecule has 23 heavy (non-hydrogen) atoms. The summed E-state index contributed by atoms with van der Waals surface area (Å²) in [7, 11) is 4.23. The quantitative estimate of drug-likeness (QED) is 0.874. The Morgan fingerprint density at radius 1 is 1.22 bits per heavy atom. The van der Waals surface area contributed by atoms with Gasteiger partial charge in [-0.3, -0.25) is 0 Å². The Morgan fingerprint density at radius 3 is 2.57 bits per heavy atom. The zero-order valence-corrected chi connectivity index (χ0v) is 15.6. The first-order valence-corrected chi connectivity index (χ1v) is 8.94. The maximum Gasteiger partial charge on any atom is 0.115 e. The fourth-order valence-corrected chi connectivity index (χ4v) is 3.90. The van der Waals surface area contributed by atoms with Gasteiger partial charge in [-0.25, -0.2) is 9.29 Å². The second kappa shape index (κ2) is 6.34. The minimum Gasteiger partial charge on any atom is -0.331 e. The van der Waals surface area contributed by atoms with Gasteiger partial charge in [0.25, 0.3) is 0 Å². The number of aryl methyl sites for hydroxylation is 1. The highest BCUT2D eigenvalue weighted by atomic mass is 32.2. The number of hydrogen-bond donors (Lipinski definition) is 1. The lowest BCUT2D eigenvalue weighted by molar-refractivity contribution is 0.396. The van der Waals surface area contributed by atoms with Gasteiger partial charge in [-0.15, -0.1) is 0 Å². The van der Waals surface area contributed by atoms with Crippen LogP contribution in [0.15, 0.2) is 18.2 Å². The Morgan fingerprint density at radius 2 is 1.91 bits per heavy atom. The second-order valence-electron chi connectivity index (χ2n) is 7.18. The van der Waals surface area contributed by atoms with Gasteiger partial charge in [0.1, 0.15) is 5.82 Å². The van der Waals surface area contributed by atoms with E-state index in [9.17, 15) is 0 Å². The molecular formula is C17H27N5S. The summed E-state index contributed by atoms with van der Waals surface area (Å²) in [4.78, 5) is 4.88. The Hall–Kier alpha value is -1.24. The minimum atomic E-state index is 0.0510. The van der Waals surface area contributed by atoms with Gasteiger partial charge in [-0.05, 0) is 18.2 Å². The van der Waals surface area contributed by atoms with Gasteiger partial charge < -0.3 is 14.2 Å². The van der Waals surface area contributed by atoms with Crippen molar-refractivity contribution in [1.29, 1.82) is 0 Å². The topological polar surface area (TPSA) is 36.3 Å². The summed E-state index contributed by atoms with van der Waals surface area (Å²) < 4.78 is 6.85. The van der Waals surface area contributed by atoms with Crippen LogP contribution < -0.4 is 9.62 Å². The van der Waals surface area contributed by atoms with Crippen LogP contribution in [-0.2, 0) is 12.5 Å². The van der Waals surface area contributed by atoms with Crippen LogP contribution in [-0.4, -0.2) is 47.1 Å². The highest BCUT2D eigenvalue weighted by Gasteiger charge is 2.21. The molecule has 1 fully saturated rings. The summed E-state index contributed by atoms with van der Waals surface area (Å²) in [5, 5.41) is 3.39. The first kappa shape index (κ1) is 16.6. The third-order valence-corrected chi connectivity index (χ3v) is 5.26. The first-order chi connectivity index (χ1) is 10.9. The van der Waals surface area contributed by atoms with Crippen LogP contribution in [0.4, 0.5) is 5.69 Å². The van der Waals surface area contributed by atoms with Crippen LogP contribution in [0.3, 0.4) is 0 Å². The Bertz CT molecular complexity index is 682. The monoisotopic (exact) mass is 333 g/mol. The molecule has 2 heterocycles. The van der Waals surface area contributed by atoms with Crippen molar-refractivity contribution >= 4 is 28.9 Å². The van der Waals surface area contributed by atoms with Crippen molar-refractivity contribution in [3.8, 4) is 0 Å². The normalized spacial score (nSPS) is 16.9. The maximum atomic E-state index is 4.88. The van der Waals surface area contributed by atoms with Crippen molar-refractivity contribution in [2.24, 2.45) is 7.05 Å². The molecule has 0 saturated carbocycles. The fourth-order valence-electron chi connectivity index (χ4n) is 3.00. The van der Waals surface area contributed by atoms with E-state index in [1.165, 1.54) is 11.2 Å². The number of hydrogen-bond acceptors (Lipinski definition) is 5. The zero-order valence-electron chi connectivity index (χ0n) is 14.8. The van der Waals surface area contributed by atoms with Crippen LogP contribution in [0.1, 0.15) is 26.6 Å². The molecule has 0 radical (unpaired) electrons. The molecule has 1 saturated heterocycles. The Kier molecular flexibility index (Phi) is 4.58. The molecule has 0 unspecified atom stereocenters. The summed E-state index contributed by atoms with van der Waals surface area (Å²) in [5.41, 5.74) is 3.51. The van der Waals surface area contributed by atoms with Crippen LogP contribution in [0, 0.1) is 0 Å². The molecule has 5 nitrogen and oxygen atoms in total. The Labute approximate surface area is 143 Å². The van der Waals surface area contributed by atoms with Crippen molar-refractivity contribution in [1.82, 2.24) is 19.2 Å². The van der Waals surface area contributed by atoms with Gasteiger partial charge in [-0.1, -0.05) is 20.8 Å². The molecule has 1 aromatic heterocycles. The van der Waals surface area contributed by atoms with Crippen LogP contribution in [0.2, 0.25) is 0 Å². The predicted octanol–water partition coefficient (Wildman–Crippen LogP) is 2.78. The SMILES string of the molecule is CN(SN1CCNCC1)c1ccc2c(c1)nc(C(C)(C)C)n2C. The van der Waals surface area contributed by atoms with E-state index >= 15 is 0 Å². The van der Waals surface area contributed by atoms with Crippen LogP contribution in [0.25, 0.3) is 11.0 Å². The molecule has 0 aliphatic carbocycles. The number of rotatable bonds is 3. The molecule has 1 N–H and O–H groups in total. The zero-order chi connectivity index (χ0) is 16.6. The van der Waals surface area contributed by atoms with Gasteiger partial charge >= 0.3 is 0 Å². The summed E-state index contributed by atoms with van der Waals surface area (Å²) in [6.45, 7) is 10.9. The number of imidazole rings is 1. The van der Waals surface area contributed by atoms with E-state index in [1.807, 2.05) is 0 Å². The van der Waals surface area contributed by atoms with Crippen molar-refractivity contribution in [2.75, 3.05) is 37.5 Å². The molecule has 1 aliphatic rings. The number of fused-ring (bicyclic) bond motifs is 1. The highest BCUT2D eigenvalue weighted by Crippen LogP contribution is 2.30. The molecule has 1 aliphatic heterocycles. The smallest absolute Gasteiger partial charge is 0.115 e. The summed E-state index contributed by atoms with van der Waals surface area (Å²) in [6.07, 6.45) is 0. The first-order valence-electron chi connectivity index (χ1n) is 8.21. The maximum absolute atomic E-state index is 4.88. The summed E-state index contributed by atoms with van der Waals surface area (Å²) in [5.74, 6) is 1.13. The van der Waals surface area contributed by atoms with Crippen LogP contribution >= 0.6 is 12.1 Å². The lowest BCUT2D eigenvalue weighted by atomic mass is 9.96. The predicted molar refractivity (Wildman–Crippen MR) is 99.9 cm³/mol.